The average Bonchev–Trinajstić information content (AvgIpc) is 0.811. The largest absolute Gasteiger partial charge is 3.00 e. The molecule has 0 spiro atoms. The number of rotatable bonds is 0. The van der Waals surface area contributed by atoms with Gasteiger partial charge in [0.15, 0.2) is 0 Å². The van der Waals surface area contributed by atoms with Crippen molar-refractivity contribution in [2.24, 2.45) is 0 Å². The maximum absolute atomic E-state index is 8.33. The zero-order chi connectivity index (χ0) is 3.58. The number of hydrogen-bond acceptors (Lipinski definition) is 3. The molecule has 3 nitrogen and oxygen atoms in total. The smallest absolute Gasteiger partial charge is 0.652 e. The minimum atomic E-state index is -2.33. The summed E-state index contributed by atoms with van der Waals surface area (Å²) in [5.41, 5.74) is 0. The Balaban J connectivity index is -0.0000000450. The van der Waals surface area contributed by atoms with E-state index in [1.807, 2.05) is 0 Å². The van der Waals surface area contributed by atoms with Crippen LogP contribution in [0.2, 0.25) is 0 Å². The van der Waals surface area contributed by atoms with Crippen molar-refractivity contribution in [1.82, 2.24) is 0 Å². The monoisotopic (exact) mass is 255 g/mol. The molecule has 0 heterocycles. The first-order valence-corrected chi connectivity index (χ1v) is 0.612. The molecule has 0 aromatic heterocycles. The van der Waals surface area contributed by atoms with Gasteiger partial charge in [-0.25, -0.2) is 0 Å². The maximum Gasteiger partial charge on any atom is 3.00 e. The van der Waals surface area contributed by atoms with Crippen LogP contribution >= 0.6 is 0 Å². The SMILES string of the molecule is O=C([O-])[O-].[Fe+2].[La+3]. The van der Waals surface area contributed by atoms with Crippen molar-refractivity contribution in [3.63, 3.8) is 0 Å². The van der Waals surface area contributed by atoms with Crippen molar-refractivity contribution >= 4 is 6.16 Å². The van der Waals surface area contributed by atoms with Crippen molar-refractivity contribution in [2.45, 2.75) is 0 Å². The first-order chi connectivity index (χ1) is 1.73. The van der Waals surface area contributed by atoms with Gasteiger partial charge in [0, 0.05) is 0 Å². The molecule has 6 heavy (non-hydrogen) atoms. The van der Waals surface area contributed by atoms with Crippen LogP contribution in [0.1, 0.15) is 0 Å². The minimum absolute atomic E-state index is 0. The van der Waals surface area contributed by atoms with Gasteiger partial charge in [-0.15, -0.1) is 0 Å². The fourth-order valence-electron chi connectivity index (χ4n) is 0. The van der Waals surface area contributed by atoms with Crippen molar-refractivity contribution < 1.29 is 67.7 Å². The molecular formula is CFeLaO3+3. The third-order valence-electron chi connectivity index (χ3n) is 0. The predicted octanol–water partition coefficient (Wildman–Crippen LogP) is -2.45. The molecule has 0 bridgehead atoms. The molecule has 0 N–H and O–H groups in total. The van der Waals surface area contributed by atoms with Gasteiger partial charge >= 0.3 is 52.7 Å². The number of hydrogen-bond donors (Lipinski definition) is 0. The van der Waals surface area contributed by atoms with E-state index in [1.165, 1.54) is 0 Å². The van der Waals surface area contributed by atoms with Gasteiger partial charge < -0.3 is 15.0 Å². The maximum atomic E-state index is 8.33. The Morgan fingerprint density at radius 1 is 1.33 bits per heavy atom. The molecule has 0 saturated heterocycles. The fourth-order valence-corrected chi connectivity index (χ4v) is 0. The van der Waals surface area contributed by atoms with Crippen LogP contribution in [-0.4, -0.2) is 6.16 Å². The zero-order valence-corrected chi connectivity index (χ0v) is 7.39. The average molecular weight is 255 g/mol. The molecule has 0 aromatic rings. The van der Waals surface area contributed by atoms with Crippen molar-refractivity contribution in [1.29, 1.82) is 0 Å². The summed E-state index contributed by atoms with van der Waals surface area (Å²) in [7, 11) is 0. The molecule has 0 aliphatic carbocycles. The standard InChI is InChI=1S/CH2O3.Fe.La/c2-1(3)4;;/h(H2,2,3,4);;/q;+2;+3/p-2. The van der Waals surface area contributed by atoms with Gasteiger partial charge in [-0.3, -0.25) is 0 Å². The first-order valence-electron chi connectivity index (χ1n) is 0.612. The van der Waals surface area contributed by atoms with Crippen molar-refractivity contribution in [3.05, 3.63) is 0 Å². The van der Waals surface area contributed by atoms with Crippen LogP contribution in [0.3, 0.4) is 0 Å². The third kappa shape index (κ3) is 81.7. The molecule has 0 rings (SSSR count). The third-order valence-corrected chi connectivity index (χ3v) is 0. The van der Waals surface area contributed by atoms with E-state index in [1.54, 1.807) is 0 Å². The van der Waals surface area contributed by atoms with E-state index in [0.29, 0.717) is 0 Å². The van der Waals surface area contributed by atoms with E-state index in [9.17, 15) is 0 Å². The molecule has 5 heteroatoms. The predicted molar refractivity (Wildman–Crippen MR) is 5.40 cm³/mol. The second kappa shape index (κ2) is 9.37. The number of carbonyl (C=O) groups excluding carboxylic acids is 1. The number of carbonyl (C=O) groups is 1. The van der Waals surface area contributed by atoms with E-state index < -0.39 is 6.16 Å². The molecule has 0 aliphatic heterocycles. The van der Waals surface area contributed by atoms with Crippen LogP contribution in [0.4, 0.5) is 4.79 Å². The topological polar surface area (TPSA) is 63.2 Å². The molecular weight excluding hydrogens is 255 g/mol. The summed E-state index contributed by atoms with van der Waals surface area (Å²) in [5.74, 6) is 0. The van der Waals surface area contributed by atoms with E-state index in [4.69, 9.17) is 15.0 Å². The molecule has 0 saturated carbocycles. The summed E-state index contributed by atoms with van der Waals surface area (Å²) >= 11 is 0. The summed E-state index contributed by atoms with van der Waals surface area (Å²) < 4.78 is 0. The van der Waals surface area contributed by atoms with Gasteiger partial charge in [0.1, 0.15) is 0 Å². The van der Waals surface area contributed by atoms with Crippen LogP contribution in [-0.2, 0) is 17.1 Å². The first kappa shape index (κ1) is 15.8. The van der Waals surface area contributed by atoms with E-state index in [-0.39, 0.29) is 52.7 Å². The van der Waals surface area contributed by atoms with Gasteiger partial charge in [-0.1, -0.05) is 0 Å². The second-order valence-corrected chi connectivity index (χ2v) is 0.250. The summed E-state index contributed by atoms with van der Waals surface area (Å²) in [6.07, 6.45) is -2.33. The molecule has 0 aromatic carbocycles. The Morgan fingerprint density at radius 2 is 1.33 bits per heavy atom. The molecule has 0 atom stereocenters. The van der Waals surface area contributed by atoms with Crippen LogP contribution < -0.4 is 10.2 Å². The van der Waals surface area contributed by atoms with E-state index >= 15 is 0 Å². The van der Waals surface area contributed by atoms with Crippen LogP contribution in [0.25, 0.3) is 0 Å². The zero-order valence-electron chi connectivity index (χ0n) is 2.66. The number of carboxylic acid groups (broad SMARTS) is 2. The van der Waals surface area contributed by atoms with E-state index in [2.05, 4.69) is 0 Å². The molecule has 30 valence electrons. The Kier molecular flexibility index (Phi) is 24.6. The molecule has 0 unspecified atom stereocenters. The quantitative estimate of drug-likeness (QED) is 0.451. The van der Waals surface area contributed by atoms with Crippen LogP contribution in [0.5, 0.6) is 0 Å². The van der Waals surface area contributed by atoms with Gasteiger partial charge in [-0.2, -0.15) is 0 Å². The normalized spacial score (nSPS) is 4.00. The molecule has 0 fully saturated rings. The molecule has 0 amide bonds. The fraction of sp³-hybridized carbons (Fsp3) is 0. The Bertz CT molecular complexity index is 33.8. The van der Waals surface area contributed by atoms with Gasteiger partial charge in [0.2, 0.25) is 0 Å². The van der Waals surface area contributed by atoms with Crippen molar-refractivity contribution in [2.75, 3.05) is 0 Å². The summed E-state index contributed by atoms with van der Waals surface area (Å²) in [6.45, 7) is 0. The Labute approximate surface area is 73.2 Å². The van der Waals surface area contributed by atoms with Gasteiger partial charge in [-0.05, 0) is 6.16 Å². The summed E-state index contributed by atoms with van der Waals surface area (Å²) in [6, 6.07) is 0. The molecule has 0 radical (unpaired) electrons. The Hall–Kier alpha value is 0.984. The van der Waals surface area contributed by atoms with Crippen molar-refractivity contribution in [3.8, 4) is 0 Å². The molecule has 0 aliphatic rings. The summed E-state index contributed by atoms with van der Waals surface area (Å²) in [4.78, 5) is 8.33. The summed E-state index contributed by atoms with van der Waals surface area (Å²) in [5, 5.41) is 16.7. The van der Waals surface area contributed by atoms with Crippen LogP contribution in [0.15, 0.2) is 0 Å². The van der Waals surface area contributed by atoms with E-state index in [0.717, 1.165) is 0 Å². The van der Waals surface area contributed by atoms with Gasteiger partial charge in [0.05, 0.1) is 0 Å². The second-order valence-electron chi connectivity index (χ2n) is 0.250. The van der Waals surface area contributed by atoms with Gasteiger partial charge in [0.25, 0.3) is 0 Å². The minimum Gasteiger partial charge on any atom is -0.652 e. The Morgan fingerprint density at radius 3 is 1.33 bits per heavy atom. The van der Waals surface area contributed by atoms with Crippen LogP contribution in [0, 0.1) is 35.6 Å².